The molecule has 0 radical (unpaired) electrons. The van der Waals surface area contributed by atoms with Gasteiger partial charge in [-0.1, -0.05) is 63.9 Å². The van der Waals surface area contributed by atoms with E-state index in [2.05, 4.69) is 48.4 Å². The second kappa shape index (κ2) is 8.25. The Morgan fingerprint density at radius 1 is 1.15 bits per heavy atom. The van der Waals surface area contributed by atoms with Crippen LogP contribution in [0.2, 0.25) is 0 Å². The minimum atomic E-state index is 0.0381. The molecule has 140 valence electrons. The number of nitrogens with one attached hydrogen (secondary N) is 1. The molecule has 0 atom stereocenters. The molecule has 6 heteroatoms. The van der Waals surface area contributed by atoms with Gasteiger partial charge in [0, 0.05) is 11.6 Å². The number of benzene rings is 1. The van der Waals surface area contributed by atoms with Crippen LogP contribution in [0.4, 0.5) is 0 Å². The summed E-state index contributed by atoms with van der Waals surface area (Å²) in [5.41, 5.74) is 2.26. The Morgan fingerprint density at radius 3 is 2.50 bits per heavy atom. The molecule has 5 nitrogen and oxygen atoms in total. The molecule has 0 aliphatic heterocycles. The number of amides is 1. The van der Waals surface area contributed by atoms with E-state index in [9.17, 15) is 4.79 Å². The molecule has 0 saturated heterocycles. The van der Waals surface area contributed by atoms with Crippen molar-refractivity contribution in [1.82, 2.24) is 15.5 Å². The lowest BCUT2D eigenvalue weighted by Crippen LogP contribution is -2.37. The fourth-order valence-electron chi connectivity index (χ4n) is 3.14. The molecule has 1 saturated carbocycles. The summed E-state index contributed by atoms with van der Waals surface area (Å²) in [7, 11) is 0. The Labute approximate surface area is 159 Å². The fraction of sp³-hybridized carbons (Fsp3) is 0.550. The van der Waals surface area contributed by atoms with Crippen molar-refractivity contribution in [3.05, 3.63) is 29.8 Å². The SMILES string of the molecule is CC(C)(C)c1ccc(-c2nnc(SCC(=O)NC3CCCCC3)o2)cc1. The van der Waals surface area contributed by atoms with E-state index < -0.39 is 0 Å². The first kappa shape index (κ1) is 19.0. The van der Waals surface area contributed by atoms with Gasteiger partial charge >= 0.3 is 0 Å². The highest BCUT2D eigenvalue weighted by atomic mass is 32.2. The van der Waals surface area contributed by atoms with Crippen LogP contribution >= 0.6 is 11.8 Å². The predicted molar refractivity (Wildman–Crippen MR) is 104 cm³/mol. The second-order valence-corrected chi connectivity index (χ2v) is 8.82. The molecule has 1 aromatic heterocycles. The summed E-state index contributed by atoms with van der Waals surface area (Å²) in [6.45, 7) is 6.55. The number of aromatic nitrogens is 2. The summed E-state index contributed by atoms with van der Waals surface area (Å²) in [4.78, 5) is 12.1. The monoisotopic (exact) mass is 373 g/mol. The van der Waals surface area contributed by atoms with Crippen molar-refractivity contribution in [2.24, 2.45) is 0 Å². The van der Waals surface area contributed by atoms with Gasteiger partial charge in [-0.25, -0.2) is 0 Å². The zero-order valence-electron chi connectivity index (χ0n) is 15.7. The van der Waals surface area contributed by atoms with Crippen LogP contribution in [-0.2, 0) is 10.2 Å². The lowest BCUT2D eigenvalue weighted by molar-refractivity contribution is -0.119. The molecule has 26 heavy (non-hydrogen) atoms. The van der Waals surface area contributed by atoms with Crippen LogP contribution in [0.5, 0.6) is 0 Å². The quantitative estimate of drug-likeness (QED) is 0.777. The van der Waals surface area contributed by atoms with Crippen molar-refractivity contribution in [2.75, 3.05) is 5.75 Å². The van der Waals surface area contributed by atoms with Gasteiger partial charge in [-0.3, -0.25) is 4.79 Å². The molecule has 3 rings (SSSR count). The van der Waals surface area contributed by atoms with Gasteiger partial charge in [0.15, 0.2) is 0 Å². The lowest BCUT2D eigenvalue weighted by atomic mass is 9.87. The molecule has 1 heterocycles. The Bertz CT molecular complexity index is 728. The number of carbonyl (C=O) groups excluding carboxylic acids is 1. The van der Waals surface area contributed by atoms with Crippen molar-refractivity contribution in [2.45, 2.75) is 69.6 Å². The average molecular weight is 374 g/mol. The molecule has 2 aromatic rings. The first-order valence-electron chi connectivity index (χ1n) is 9.28. The standard InChI is InChI=1S/C20H27N3O2S/c1-20(2,3)15-11-9-14(10-12-15)18-22-23-19(25-18)26-13-17(24)21-16-7-5-4-6-8-16/h9-12,16H,4-8,13H2,1-3H3,(H,21,24). The van der Waals surface area contributed by atoms with Crippen LogP contribution in [-0.4, -0.2) is 27.9 Å². The van der Waals surface area contributed by atoms with E-state index in [1.807, 2.05) is 12.1 Å². The molecule has 1 aliphatic rings. The highest BCUT2D eigenvalue weighted by Gasteiger charge is 2.17. The van der Waals surface area contributed by atoms with Gasteiger partial charge in [0.1, 0.15) is 0 Å². The van der Waals surface area contributed by atoms with Gasteiger partial charge in [0.25, 0.3) is 5.22 Å². The lowest BCUT2D eigenvalue weighted by Gasteiger charge is -2.22. The van der Waals surface area contributed by atoms with E-state index in [4.69, 9.17) is 4.42 Å². The third-order valence-electron chi connectivity index (χ3n) is 4.70. The zero-order chi connectivity index (χ0) is 18.6. The Kier molecular flexibility index (Phi) is 6.01. The minimum Gasteiger partial charge on any atom is -0.411 e. The highest BCUT2D eigenvalue weighted by molar-refractivity contribution is 7.99. The maximum atomic E-state index is 12.1. The normalized spacial score (nSPS) is 15.8. The number of hydrogen-bond acceptors (Lipinski definition) is 5. The van der Waals surface area contributed by atoms with Crippen LogP contribution < -0.4 is 5.32 Å². The molecule has 0 bridgehead atoms. The summed E-state index contributed by atoms with van der Waals surface area (Å²) in [6.07, 6.45) is 5.87. The van der Waals surface area contributed by atoms with Gasteiger partial charge in [-0.05, 0) is 36.0 Å². The summed E-state index contributed by atoms with van der Waals surface area (Å²) in [5.74, 6) is 0.831. The van der Waals surface area contributed by atoms with Crippen LogP contribution in [0.25, 0.3) is 11.5 Å². The fourth-order valence-corrected chi connectivity index (χ4v) is 3.72. The average Bonchev–Trinajstić information content (AvgIpc) is 3.09. The Morgan fingerprint density at radius 2 is 1.85 bits per heavy atom. The predicted octanol–water partition coefficient (Wildman–Crippen LogP) is 4.58. The van der Waals surface area contributed by atoms with Crippen molar-refractivity contribution >= 4 is 17.7 Å². The van der Waals surface area contributed by atoms with E-state index in [-0.39, 0.29) is 11.3 Å². The van der Waals surface area contributed by atoms with Crippen molar-refractivity contribution in [1.29, 1.82) is 0 Å². The number of carbonyl (C=O) groups is 1. The van der Waals surface area contributed by atoms with Crippen molar-refractivity contribution in [3.8, 4) is 11.5 Å². The minimum absolute atomic E-state index is 0.0381. The molecule has 1 amide bonds. The summed E-state index contributed by atoms with van der Waals surface area (Å²) >= 11 is 1.29. The van der Waals surface area contributed by atoms with Crippen LogP contribution in [0.1, 0.15) is 58.4 Å². The van der Waals surface area contributed by atoms with E-state index in [1.165, 1.54) is 36.6 Å². The van der Waals surface area contributed by atoms with Crippen LogP contribution in [0, 0.1) is 0 Å². The topological polar surface area (TPSA) is 68.0 Å². The van der Waals surface area contributed by atoms with E-state index in [0.717, 1.165) is 18.4 Å². The first-order chi connectivity index (χ1) is 12.4. The van der Waals surface area contributed by atoms with Gasteiger partial charge in [-0.15, -0.1) is 10.2 Å². The number of rotatable bonds is 5. The molecule has 0 spiro atoms. The number of thioether (sulfide) groups is 1. The highest BCUT2D eigenvalue weighted by Crippen LogP contribution is 2.27. The molecule has 1 aromatic carbocycles. The maximum absolute atomic E-state index is 12.1. The third kappa shape index (κ3) is 5.10. The number of hydrogen-bond donors (Lipinski definition) is 1. The zero-order valence-corrected chi connectivity index (χ0v) is 16.6. The van der Waals surface area contributed by atoms with Gasteiger partial charge in [0.2, 0.25) is 11.8 Å². The Balaban J connectivity index is 1.53. The van der Waals surface area contributed by atoms with E-state index in [0.29, 0.717) is 22.9 Å². The summed E-state index contributed by atoms with van der Waals surface area (Å²) < 4.78 is 5.70. The molecular formula is C20H27N3O2S. The molecular weight excluding hydrogens is 346 g/mol. The molecule has 0 unspecified atom stereocenters. The summed E-state index contributed by atoms with van der Waals surface area (Å²) in [6, 6.07) is 8.50. The Hall–Kier alpha value is -1.82. The second-order valence-electron chi connectivity index (χ2n) is 7.89. The van der Waals surface area contributed by atoms with Crippen molar-refractivity contribution < 1.29 is 9.21 Å². The molecule has 1 aliphatic carbocycles. The third-order valence-corrected chi connectivity index (χ3v) is 5.52. The molecule has 1 fully saturated rings. The first-order valence-corrected chi connectivity index (χ1v) is 10.3. The van der Waals surface area contributed by atoms with Gasteiger partial charge in [-0.2, -0.15) is 0 Å². The van der Waals surface area contributed by atoms with Crippen LogP contribution in [0.3, 0.4) is 0 Å². The van der Waals surface area contributed by atoms with Crippen LogP contribution in [0.15, 0.2) is 33.9 Å². The van der Waals surface area contributed by atoms with Gasteiger partial charge < -0.3 is 9.73 Å². The maximum Gasteiger partial charge on any atom is 0.277 e. The smallest absolute Gasteiger partial charge is 0.277 e. The molecule has 1 N–H and O–H groups in total. The van der Waals surface area contributed by atoms with Crippen molar-refractivity contribution in [3.63, 3.8) is 0 Å². The van der Waals surface area contributed by atoms with Gasteiger partial charge in [0.05, 0.1) is 5.75 Å². The largest absolute Gasteiger partial charge is 0.411 e. The van der Waals surface area contributed by atoms with E-state index in [1.54, 1.807) is 0 Å². The number of nitrogens with zero attached hydrogens (tertiary/aromatic N) is 2. The van der Waals surface area contributed by atoms with E-state index >= 15 is 0 Å². The summed E-state index contributed by atoms with van der Waals surface area (Å²) in [5, 5.41) is 11.7.